The minimum Gasteiger partial charge on any atom is -0.476 e. The van der Waals surface area contributed by atoms with Crippen LogP contribution in [0.3, 0.4) is 0 Å². The maximum absolute atomic E-state index is 9.37. The molecule has 0 aliphatic rings. The Morgan fingerprint density at radius 1 is 1.75 bits per heavy atom. The first-order chi connectivity index (χ1) is 3.13. The quantitative estimate of drug-likeness (QED) is 0.537. The third-order valence-electron chi connectivity index (χ3n) is 0.264. The molecular formula is C2H3NO4Yb. The van der Waals surface area contributed by atoms with E-state index in [0.29, 0.717) is 0 Å². The predicted molar refractivity (Wildman–Crippen MR) is 19.5 cm³/mol. The van der Waals surface area contributed by atoms with Crippen LogP contribution in [-0.4, -0.2) is 22.5 Å². The van der Waals surface area contributed by atoms with Crippen molar-refractivity contribution in [2.45, 2.75) is 0 Å². The van der Waals surface area contributed by atoms with Crippen LogP contribution >= 0.6 is 0 Å². The van der Waals surface area contributed by atoms with Crippen LogP contribution in [0.15, 0.2) is 0 Å². The fourth-order valence-electron chi connectivity index (χ4n) is 0.110. The Hall–Kier alpha value is 0.389. The average Bonchev–Trinajstić information content (AvgIpc) is 1.27. The Morgan fingerprint density at radius 3 is 2.12 bits per heavy atom. The molecule has 0 aliphatic heterocycles. The molecule has 0 spiro atoms. The minimum atomic E-state index is -1.41. The fraction of sp³-hybridized carbons (Fsp3) is 0.500. The van der Waals surface area contributed by atoms with Gasteiger partial charge >= 0.3 is 5.97 Å². The van der Waals surface area contributed by atoms with Crippen molar-refractivity contribution >= 4 is 5.97 Å². The first kappa shape index (κ1) is 11.2. The summed E-state index contributed by atoms with van der Waals surface area (Å²) in [5.41, 5.74) is 0. The molecule has 5 nitrogen and oxygen atoms in total. The second-order valence-electron chi connectivity index (χ2n) is 0.885. The van der Waals surface area contributed by atoms with Gasteiger partial charge in [-0.2, -0.15) is 0 Å². The van der Waals surface area contributed by atoms with Crippen LogP contribution in [0.2, 0.25) is 0 Å². The molecule has 6 heteroatoms. The second-order valence-corrected chi connectivity index (χ2v) is 0.885. The number of hydrogen-bond acceptors (Lipinski definition) is 3. The van der Waals surface area contributed by atoms with Gasteiger partial charge in [0.1, 0.15) is 0 Å². The number of nitro groups is 1. The zero-order valence-electron chi connectivity index (χ0n) is 3.59. The molecule has 0 fully saturated rings. The van der Waals surface area contributed by atoms with E-state index in [1.807, 2.05) is 0 Å². The van der Waals surface area contributed by atoms with Gasteiger partial charge in [0, 0.05) is 51.8 Å². The van der Waals surface area contributed by atoms with Crippen LogP contribution in [0.4, 0.5) is 0 Å². The molecule has 0 saturated heterocycles. The summed E-state index contributed by atoms with van der Waals surface area (Å²) in [7, 11) is 0. The summed E-state index contributed by atoms with van der Waals surface area (Å²) in [5.74, 6) is -1.41. The summed E-state index contributed by atoms with van der Waals surface area (Å²) in [6.07, 6.45) is 0. The van der Waals surface area contributed by atoms with E-state index in [1.165, 1.54) is 0 Å². The van der Waals surface area contributed by atoms with Crippen molar-refractivity contribution in [1.29, 1.82) is 0 Å². The van der Waals surface area contributed by atoms with Crippen LogP contribution in [0, 0.1) is 57.0 Å². The van der Waals surface area contributed by atoms with Gasteiger partial charge in [0.25, 0.3) is 6.54 Å². The van der Waals surface area contributed by atoms with Gasteiger partial charge in [-0.25, -0.2) is 4.79 Å². The molecule has 0 rings (SSSR count). The summed E-state index contributed by atoms with van der Waals surface area (Å²) in [4.78, 5) is 17.7. The minimum absolute atomic E-state index is 0. The predicted octanol–water partition coefficient (Wildman–Crippen LogP) is -0.652. The molecule has 0 aliphatic carbocycles. The van der Waals surface area contributed by atoms with E-state index >= 15 is 0 Å². The molecule has 0 aromatic rings. The Balaban J connectivity index is 0. The van der Waals surface area contributed by atoms with Gasteiger partial charge in [-0.1, -0.05) is 0 Å². The van der Waals surface area contributed by atoms with E-state index in [4.69, 9.17) is 5.11 Å². The van der Waals surface area contributed by atoms with Crippen molar-refractivity contribution in [1.82, 2.24) is 0 Å². The molecule has 0 radical (unpaired) electrons. The number of nitrogens with zero attached hydrogens (tertiary/aromatic N) is 1. The van der Waals surface area contributed by atoms with Crippen LogP contribution < -0.4 is 0 Å². The molecule has 0 atom stereocenters. The van der Waals surface area contributed by atoms with Crippen LogP contribution in [0.25, 0.3) is 0 Å². The number of carbonyl (C=O) groups is 1. The SMILES string of the molecule is O=C(O)C[N+](=O)[O-].[Yb]. The molecule has 0 aromatic carbocycles. The van der Waals surface area contributed by atoms with E-state index in [-0.39, 0.29) is 46.9 Å². The summed E-state index contributed by atoms with van der Waals surface area (Å²) in [5, 5.41) is 16.9. The summed E-state index contributed by atoms with van der Waals surface area (Å²) < 4.78 is 0. The van der Waals surface area contributed by atoms with E-state index in [2.05, 4.69) is 0 Å². The molecular weight excluding hydrogens is 275 g/mol. The monoisotopic (exact) mass is 279 g/mol. The number of aliphatic carboxylic acids is 1. The Morgan fingerprint density at radius 2 is 2.12 bits per heavy atom. The second kappa shape index (κ2) is 5.52. The summed E-state index contributed by atoms with van der Waals surface area (Å²) >= 11 is 0. The topological polar surface area (TPSA) is 80.4 Å². The van der Waals surface area contributed by atoms with Crippen LogP contribution in [0.1, 0.15) is 0 Å². The van der Waals surface area contributed by atoms with Gasteiger partial charge in [0.05, 0.1) is 0 Å². The van der Waals surface area contributed by atoms with Crippen molar-refractivity contribution in [3.8, 4) is 0 Å². The first-order valence-corrected chi connectivity index (χ1v) is 1.46. The van der Waals surface area contributed by atoms with Crippen LogP contribution in [-0.2, 0) is 4.79 Å². The van der Waals surface area contributed by atoms with Crippen molar-refractivity contribution in [2.75, 3.05) is 6.54 Å². The number of carboxylic acid groups (broad SMARTS) is 1. The van der Waals surface area contributed by atoms with Crippen molar-refractivity contribution in [3.63, 3.8) is 0 Å². The van der Waals surface area contributed by atoms with Crippen molar-refractivity contribution in [3.05, 3.63) is 10.1 Å². The van der Waals surface area contributed by atoms with E-state index in [1.54, 1.807) is 0 Å². The van der Waals surface area contributed by atoms with Crippen molar-refractivity contribution in [2.24, 2.45) is 0 Å². The van der Waals surface area contributed by atoms with Crippen LogP contribution in [0.5, 0.6) is 0 Å². The van der Waals surface area contributed by atoms with Gasteiger partial charge in [0.15, 0.2) is 0 Å². The number of hydrogen-bond donors (Lipinski definition) is 1. The Bertz CT molecular complexity index is 90.2. The third kappa shape index (κ3) is 9.63. The van der Waals surface area contributed by atoms with Gasteiger partial charge in [-0.15, -0.1) is 0 Å². The molecule has 0 aromatic heterocycles. The van der Waals surface area contributed by atoms with E-state index in [0.717, 1.165) is 0 Å². The molecule has 1 N–H and O–H groups in total. The van der Waals surface area contributed by atoms with Gasteiger partial charge in [0.2, 0.25) is 0 Å². The molecule has 54 valence electrons. The van der Waals surface area contributed by atoms with Gasteiger partial charge in [-0.05, 0) is 0 Å². The maximum Gasteiger partial charge on any atom is 0.376 e. The summed E-state index contributed by atoms with van der Waals surface area (Å²) in [6.45, 7) is -1.00. The third-order valence-corrected chi connectivity index (χ3v) is 0.264. The number of rotatable bonds is 2. The fourth-order valence-corrected chi connectivity index (χ4v) is 0.110. The molecule has 0 unspecified atom stereocenters. The average molecular weight is 278 g/mol. The summed E-state index contributed by atoms with van der Waals surface area (Å²) in [6, 6.07) is 0. The Labute approximate surface area is 83.5 Å². The zero-order valence-corrected chi connectivity index (χ0v) is 5.31. The molecule has 0 saturated carbocycles. The molecule has 0 heterocycles. The maximum atomic E-state index is 9.37. The van der Waals surface area contributed by atoms with E-state index < -0.39 is 17.4 Å². The normalized spacial score (nSPS) is 7.00. The molecule has 0 bridgehead atoms. The number of carboxylic acids is 1. The standard InChI is InChI=1S/C2H3NO4.Yb/c4-2(5)1-3(6)7;/h1H2,(H,4,5);. The molecule has 0 amide bonds. The first-order valence-electron chi connectivity index (χ1n) is 1.46. The van der Waals surface area contributed by atoms with Gasteiger partial charge in [-0.3, -0.25) is 10.1 Å². The zero-order chi connectivity index (χ0) is 5.86. The van der Waals surface area contributed by atoms with Gasteiger partial charge < -0.3 is 5.11 Å². The largest absolute Gasteiger partial charge is 0.476 e. The molecule has 8 heavy (non-hydrogen) atoms. The smallest absolute Gasteiger partial charge is 0.376 e. The van der Waals surface area contributed by atoms with Crippen molar-refractivity contribution < 1.29 is 61.7 Å². The Kier molecular flexibility index (Phi) is 7.75. The van der Waals surface area contributed by atoms with E-state index in [9.17, 15) is 14.9 Å².